The van der Waals surface area contributed by atoms with Crippen molar-refractivity contribution in [2.24, 2.45) is 11.8 Å². The van der Waals surface area contributed by atoms with Crippen LogP contribution in [-0.2, 0) is 4.79 Å². The van der Waals surface area contributed by atoms with E-state index in [1.54, 1.807) is 0 Å². The topological polar surface area (TPSA) is 65.5 Å². The van der Waals surface area contributed by atoms with Crippen LogP contribution in [0.3, 0.4) is 0 Å². The number of aliphatic hydroxyl groups excluding tert-OH is 1. The molecule has 5 nitrogen and oxygen atoms in total. The van der Waals surface area contributed by atoms with Crippen LogP contribution in [0.1, 0.15) is 32.3 Å². The van der Waals surface area contributed by atoms with E-state index in [4.69, 9.17) is 5.11 Å². The minimum Gasteiger partial charge on any atom is -0.396 e. The lowest BCUT2D eigenvalue weighted by Gasteiger charge is -2.33. The number of aromatic nitrogens is 1. The number of anilines is 1. The predicted molar refractivity (Wildman–Crippen MR) is 87.8 cm³/mol. The number of piperidine rings is 1. The number of rotatable bonds is 5. The van der Waals surface area contributed by atoms with Crippen LogP contribution in [0.15, 0.2) is 18.3 Å². The van der Waals surface area contributed by atoms with E-state index in [-0.39, 0.29) is 30.4 Å². The summed E-state index contributed by atoms with van der Waals surface area (Å²) in [6, 6.07) is 4.12. The van der Waals surface area contributed by atoms with E-state index in [2.05, 4.69) is 21.3 Å². The summed E-state index contributed by atoms with van der Waals surface area (Å²) in [5, 5.41) is 12.2. The standard InChI is InChI=1S/C17H27N3O2/c1-12-4-5-16(18-10-12)20-8-6-15(7-9-20)17(22)19-14(3)13(2)11-21/h4-5,10,13-15,21H,6-9,11H2,1-3H3,(H,19,22). The van der Waals surface area contributed by atoms with Crippen LogP contribution >= 0.6 is 0 Å². The molecule has 2 N–H and O–H groups in total. The molecule has 0 saturated carbocycles. The third-order valence-corrected chi connectivity index (χ3v) is 4.60. The Balaban J connectivity index is 1.84. The van der Waals surface area contributed by atoms with Gasteiger partial charge in [-0.15, -0.1) is 0 Å². The van der Waals surface area contributed by atoms with E-state index in [0.717, 1.165) is 37.3 Å². The van der Waals surface area contributed by atoms with Crippen molar-refractivity contribution in [3.8, 4) is 0 Å². The molecule has 1 fully saturated rings. The van der Waals surface area contributed by atoms with Crippen molar-refractivity contribution >= 4 is 11.7 Å². The number of nitrogens with one attached hydrogen (secondary N) is 1. The summed E-state index contributed by atoms with van der Waals surface area (Å²) in [5.41, 5.74) is 1.16. The number of pyridine rings is 1. The van der Waals surface area contributed by atoms with Gasteiger partial charge in [-0.05, 0) is 44.2 Å². The van der Waals surface area contributed by atoms with Gasteiger partial charge >= 0.3 is 0 Å². The first-order valence-corrected chi connectivity index (χ1v) is 8.10. The van der Waals surface area contributed by atoms with Gasteiger partial charge in [-0.25, -0.2) is 4.98 Å². The molecule has 1 aromatic heterocycles. The lowest BCUT2D eigenvalue weighted by atomic mass is 9.94. The van der Waals surface area contributed by atoms with Crippen LogP contribution in [0, 0.1) is 18.8 Å². The Bertz CT molecular complexity index is 481. The highest BCUT2D eigenvalue weighted by Gasteiger charge is 2.27. The van der Waals surface area contributed by atoms with Gasteiger partial charge in [0.25, 0.3) is 0 Å². The Morgan fingerprint density at radius 1 is 1.41 bits per heavy atom. The van der Waals surface area contributed by atoms with Gasteiger partial charge in [-0.1, -0.05) is 13.0 Å². The fraction of sp³-hybridized carbons (Fsp3) is 0.647. The van der Waals surface area contributed by atoms with E-state index >= 15 is 0 Å². The predicted octanol–water partition coefficient (Wildman–Crippen LogP) is 1.74. The molecule has 5 heteroatoms. The highest BCUT2D eigenvalue weighted by Crippen LogP contribution is 2.22. The molecule has 2 atom stereocenters. The normalized spacial score (nSPS) is 18.8. The Morgan fingerprint density at radius 3 is 2.64 bits per heavy atom. The molecule has 0 bridgehead atoms. The van der Waals surface area contributed by atoms with E-state index in [9.17, 15) is 4.79 Å². The van der Waals surface area contributed by atoms with Gasteiger partial charge in [-0.3, -0.25) is 4.79 Å². The zero-order chi connectivity index (χ0) is 16.1. The zero-order valence-corrected chi connectivity index (χ0v) is 13.7. The highest BCUT2D eigenvalue weighted by atomic mass is 16.3. The number of nitrogens with zero attached hydrogens (tertiary/aromatic N) is 2. The molecular formula is C17H27N3O2. The zero-order valence-electron chi connectivity index (χ0n) is 13.7. The van der Waals surface area contributed by atoms with Crippen molar-refractivity contribution < 1.29 is 9.90 Å². The Kier molecular flexibility index (Phi) is 5.77. The van der Waals surface area contributed by atoms with Gasteiger partial charge in [-0.2, -0.15) is 0 Å². The van der Waals surface area contributed by atoms with Crippen molar-refractivity contribution in [1.29, 1.82) is 0 Å². The maximum Gasteiger partial charge on any atom is 0.223 e. The SMILES string of the molecule is Cc1ccc(N2CCC(C(=O)NC(C)C(C)CO)CC2)nc1. The fourth-order valence-electron chi connectivity index (χ4n) is 2.66. The molecule has 1 aliphatic rings. The molecule has 1 aromatic rings. The summed E-state index contributed by atoms with van der Waals surface area (Å²) >= 11 is 0. The fourth-order valence-corrected chi connectivity index (χ4v) is 2.66. The lowest BCUT2D eigenvalue weighted by Crippen LogP contribution is -2.45. The first-order chi connectivity index (χ1) is 10.5. The molecule has 0 aliphatic carbocycles. The number of carbonyl (C=O) groups excluding carboxylic acids is 1. The van der Waals surface area contributed by atoms with E-state index in [1.165, 1.54) is 0 Å². The summed E-state index contributed by atoms with van der Waals surface area (Å²) in [5.74, 6) is 1.26. The van der Waals surface area contributed by atoms with Crippen LogP contribution in [0.4, 0.5) is 5.82 Å². The number of hydrogen-bond acceptors (Lipinski definition) is 4. The van der Waals surface area contributed by atoms with Crippen molar-refractivity contribution in [1.82, 2.24) is 10.3 Å². The minimum atomic E-state index is 0.00861. The molecule has 2 rings (SSSR count). The monoisotopic (exact) mass is 305 g/mol. The van der Waals surface area contributed by atoms with Crippen molar-refractivity contribution in [3.05, 3.63) is 23.9 Å². The summed E-state index contributed by atoms with van der Waals surface area (Å²) in [7, 11) is 0. The Labute approximate surface area is 132 Å². The van der Waals surface area contributed by atoms with Gasteiger partial charge in [0.2, 0.25) is 5.91 Å². The molecule has 0 radical (unpaired) electrons. The van der Waals surface area contributed by atoms with E-state index in [1.807, 2.05) is 33.0 Å². The third-order valence-electron chi connectivity index (χ3n) is 4.60. The second kappa shape index (κ2) is 7.58. The van der Waals surface area contributed by atoms with Crippen molar-refractivity contribution in [2.75, 3.05) is 24.6 Å². The molecule has 2 heterocycles. The second-order valence-corrected chi connectivity index (χ2v) is 6.41. The van der Waals surface area contributed by atoms with Crippen molar-refractivity contribution in [3.63, 3.8) is 0 Å². The van der Waals surface area contributed by atoms with Crippen LogP contribution in [-0.4, -0.2) is 41.7 Å². The average Bonchev–Trinajstić information content (AvgIpc) is 2.54. The minimum absolute atomic E-state index is 0.00861. The summed E-state index contributed by atoms with van der Waals surface area (Å²) in [4.78, 5) is 19.0. The highest BCUT2D eigenvalue weighted by molar-refractivity contribution is 5.79. The number of aryl methyl sites for hydroxylation is 1. The molecule has 1 saturated heterocycles. The first-order valence-electron chi connectivity index (χ1n) is 8.10. The number of carbonyl (C=O) groups is 1. The molecule has 1 amide bonds. The average molecular weight is 305 g/mol. The van der Waals surface area contributed by atoms with Crippen LogP contribution < -0.4 is 10.2 Å². The largest absolute Gasteiger partial charge is 0.396 e. The van der Waals surface area contributed by atoms with Gasteiger partial charge in [0.05, 0.1) is 0 Å². The Morgan fingerprint density at radius 2 is 2.09 bits per heavy atom. The van der Waals surface area contributed by atoms with Crippen molar-refractivity contribution in [2.45, 2.75) is 39.7 Å². The van der Waals surface area contributed by atoms with Gasteiger partial charge in [0.1, 0.15) is 5.82 Å². The van der Waals surface area contributed by atoms with Crippen LogP contribution in [0.5, 0.6) is 0 Å². The molecule has 2 unspecified atom stereocenters. The maximum atomic E-state index is 12.3. The lowest BCUT2D eigenvalue weighted by molar-refractivity contribution is -0.126. The van der Waals surface area contributed by atoms with Gasteiger partial charge in [0, 0.05) is 37.9 Å². The van der Waals surface area contributed by atoms with E-state index < -0.39 is 0 Å². The molecular weight excluding hydrogens is 278 g/mol. The summed E-state index contributed by atoms with van der Waals surface area (Å²) < 4.78 is 0. The summed E-state index contributed by atoms with van der Waals surface area (Å²) in [6.45, 7) is 7.73. The van der Waals surface area contributed by atoms with Gasteiger partial charge < -0.3 is 15.3 Å². The quantitative estimate of drug-likeness (QED) is 0.869. The number of hydrogen-bond donors (Lipinski definition) is 2. The molecule has 0 aromatic carbocycles. The van der Waals surface area contributed by atoms with Crippen LogP contribution in [0.25, 0.3) is 0 Å². The second-order valence-electron chi connectivity index (χ2n) is 6.41. The number of aliphatic hydroxyl groups is 1. The van der Waals surface area contributed by atoms with E-state index in [0.29, 0.717) is 0 Å². The Hall–Kier alpha value is -1.62. The van der Waals surface area contributed by atoms with Crippen LogP contribution in [0.2, 0.25) is 0 Å². The molecule has 1 aliphatic heterocycles. The maximum absolute atomic E-state index is 12.3. The molecule has 122 valence electrons. The third kappa shape index (κ3) is 4.19. The van der Waals surface area contributed by atoms with Gasteiger partial charge in [0.15, 0.2) is 0 Å². The first kappa shape index (κ1) is 16.7. The number of amides is 1. The molecule has 0 spiro atoms. The smallest absolute Gasteiger partial charge is 0.223 e. The molecule has 22 heavy (non-hydrogen) atoms. The summed E-state index contributed by atoms with van der Waals surface area (Å²) in [6.07, 6.45) is 3.58.